The van der Waals surface area contributed by atoms with E-state index in [9.17, 15) is 4.79 Å². The molecule has 0 radical (unpaired) electrons. The molecule has 0 aliphatic heterocycles. The molecule has 256 valence electrons. The number of esters is 1. The summed E-state index contributed by atoms with van der Waals surface area (Å²) in [5.74, 6) is 7.69. The van der Waals surface area contributed by atoms with E-state index in [4.69, 9.17) is 23.7 Å². The number of rotatable bonds is 23. The third kappa shape index (κ3) is 16.9. The highest BCUT2D eigenvalue weighted by molar-refractivity contribution is 5.86. The Hall–Kier alpha value is -4.45. The maximum atomic E-state index is 11.3. The first-order valence-electron chi connectivity index (χ1n) is 17.0. The van der Waals surface area contributed by atoms with Crippen LogP contribution in [0.5, 0.6) is 11.5 Å². The zero-order valence-electron chi connectivity index (χ0n) is 28.6. The Kier molecular flexibility index (Phi) is 18.8. The number of hydrogen-bond acceptors (Lipinski definition) is 8. The molecule has 0 aromatic heterocycles. The second kappa shape index (κ2) is 23.8. The van der Waals surface area contributed by atoms with Crippen LogP contribution < -0.4 is 9.47 Å². The van der Waals surface area contributed by atoms with Crippen molar-refractivity contribution in [2.24, 2.45) is 10.2 Å². The SMILES string of the molecule is C=C(C)C(=O)OCCCCCCCCCCOc1ccc(N=Nc2ccc(C#Cc3cccc(OCCOCCOCC)c3)cc2)cc1. The zero-order chi connectivity index (χ0) is 34.1. The number of benzene rings is 3. The van der Waals surface area contributed by atoms with Crippen LogP contribution in [-0.2, 0) is 19.0 Å². The minimum Gasteiger partial charge on any atom is -0.494 e. The van der Waals surface area contributed by atoms with Gasteiger partial charge in [-0.1, -0.05) is 63.0 Å². The lowest BCUT2D eigenvalue weighted by atomic mass is 10.1. The summed E-state index contributed by atoms with van der Waals surface area (Å²) in [5.41, 5.74) is 3.74. The molecule has 0 unspecified atom stereocenters. The van der Waals surface area contributed by atoms with Crippen molar-refractivity contribution >= 4 is 17.3 Å². The molecule has 3 rings (SSSR count). The molecule has 0 bridgehead atoms. The topological polar surface area (TPSA) is 87.9 Å². The number of carbonyl (C=O) groups excluding carboxylic acids is 1. The maximum absolute atomic E-state index is 11.3. The minimum atomic E-state index is -0.294. The molecule has 0 spiro atoms. The van der Waals surface area contributed by atoms with Crippen LogP contribution in [0, 0.1) is 11.8 Å². The van der Waals surface area contributed by atoms with Crippen LogP contribution in [0.4, 0.5) is 11.4 Å². The van der Waals surface area contributed by atoms with Crippen molar-refractivity contribution in [3.8, 4) is 23.3 Å². The van der Waals surface area contributed by atoms with Gasteiger partial charge in [0.2, 0.25) is 0 Å². The summed E-state index contributed by atoms with van der Waals surface area (Å²) >= 11 is 0. The normalized spacial score (nSPS) is 10.8. The van der Waals surface area contributed by atoms with Crippen LogP contribution in [-0.4, -0.2) is 52.2 Å². The van der Waals surface area contributed by atoms with Crippen molar-refractivity contribution in [2.75, 3.05) is 46.2 Å². The molecule has 0 saturated heterocycles. The Labute approximate surface area is 286 Å². The highest BCUT2D eigenvalue weighted by atomic mass is 16.5. The molecular weight excluding hydrogens is 604 g/mol. The molecular formula is C40H50N2O6. The highest BCUT2D eigenvalue weighted by Gasteiger charge is 2.02. The second-order valence-electron chi connectivity index (χ2n) is 11.3. The lowest BCUT2D eigenvalue weighted by Crippen LogP contribution is -2.10. The van der Waals surface area contributed by atoms with Gasteiger partial charge in [-0.25, -0.2) is 4.79 Å². The van der Waals surface area contributed by atoms with Crippen molar-refractivity contribution in [2.45, 2.75) is 65.2 Å². The van der Waals surface area contributed by atoms with E-state index in [1.165, 1.54) is 25.7 Å². The standard InChI is InChI=1S/C40H50N2O6/c1-4-44-28-29-45-30-31-47-39-15-13-14-35(32-39)17-16-34-18-20-36(21-19-34)41-42-37-22-24-38(25-23-37)46-26-11-9-7-5-6-8-10-12-27-48-40(43)33(2)3/h13-15,18-25,32H,2,4-12,26-31H2,1,3H3. The molecule has 0 heterocycles. The number of carbonyl (C=O) groups is 1. The van der Waals surface area contributed by atoms with Crippen molar-refractivity contribution < 1.29 is 28.5 Å². The minimum absolute atomic E-state index is 0.294. The van der Waals surface area contributed by atoms with Gasteiger partial charge < -0.3 is 23.7 Å². The molecule has 8 nitrogen and oxygen atoms in total. The van der Waals surface area contributed by atoms with Crippen LogP contribution >= 0.6 is 0 Å². The average Bonchev–Trinajstić information content (AvgIpc) is 3.11. The Morgan fingerprint density at radius 2 is 1.19 bits per heavy atom. The van der Waals surface area contributed by atoms with Crippen LogP contribution in [0.2, 0.25) is 0 Å². The zero-order valence-corrected chi connectivity index (χ0v) is 28.6. The van der Waals surface area contributed by atoms with E-state index in [1.54, 1.807) is 6.92 Å². The Balaban J connectivity index is 1.28. The fourth-order valence-electron chi connectivity index (χ4n) is 4.47. The fourth-order valence-corrected chi connectivity index (χ4v) is 4.47. The van der Waals surface area contributed by atoms with Gasteiger partial charge >= 0.3 is 5.97 Å². The number of ether oxygens (including phenoxy) is 5. The van der Waals surface area contributed by atoms with Crippen molar-refractivity contribution in [1.82, 2.24) is 0 Å². The van der Waals surface area contributed by atoms with E-state index < -0.39 is 0 Å². The smallest absolute Gasteiger partial charge is 0.333 e. The van der Waals surface area contributed by atoms with E-state index >= 15 is 0 Å². The molecule has 0 amide bonds. The van der Waals surface area contributed by atoms with Gasteiger partial charge in [-0.15, -0.1) is 0 Å². The maximum Gasteiger partial charge on any atom is 0.333 e. The first-order valence-corrected chi connectivity index (χ1v) is 17.0. The molecule has 3 aromatic carbocycles. The van der Waals surface area contributed by atoms with E-state index in [1.807, 2.05) is 79.7 Å². The molecule has 0 fully saturated rings. The molecule has 48 heavy (non-hydrogen) atoms. The van der Waals surface area contributed by atoms with Gasteiger partial charge in [0.25, 0.3) is 0 Å². The molecule has 0 aliphatic rings. The molecule has 3 aromatic rings. The van der Waals surface area contributed by atoms with Crippen molar-refractivity contribution in [3.05, 3.63) is 96.1 Å². The van der Waals surface area contributed by atoms with Crippen LogP contribution in [0.15, 0.2) is 95.2 Å². The number of unbranched alkanes of at least 4 members (excludes halogenated alkanes) is 7. The highest BCUT2D eigenvalue weighted by Crippen LogP contribution is 2.22. The quantitative estimate of drug-likeness (QED) is 0.0333. The van der Waals surface area contributed by atoms with Crippen LogP contribution in [0.1, 0.15) is 76.3 Å². The van der Waals surface area contributed by atoms with Gasteiger partial charge in [0.1, 0.15) is 18.1 Å². The Morgan fingerprint density at radius 1 is 0.625 bits per heavy atom. The van der Waals surface area contributed by atoms with Crippen molar-refractivity contribution in [3.63, 3.8) is 0 Å². The summed E-state index contributed by atoms with van der Waals surface area (Å²) in [6.45, 7) is 11.3. The largest absolute Gasteiger partial charge is 0.494 e. The first kappa shape index (κ1) is 38.0. The fraction of sp³-hybridized carbons (Fsp3) is 0.425. The molecule has 0 saturated carbocycles. The summed E-state index contributed by atoms with van der Waals surface area (Å²) in [6.07, 6.45) is 9.00. The molecule has 0 aliphatic carbocycles. The van der Waals surface area contributed by atoms with E-state index in [2.05, 4.69) is 28.6 Å². The Bertz CT molecular complexity index is 1440. The molecule has 0 atom stereocenters. The van der Waals surface area contributed by atoms with Gasteiger partial charge in [-0.05, 0) is 93.4 Å². The third-order valence-corrected chi connectivity index (χ3v) is 7.13. The van der Waals surface area contributed by atoms with E-state index in [0.29, 0.717) is 51.8 Å². The summed E-state index contributed by atoms with van der Waals surface area (Å²) in [7, 11) is 0. The second-order valence-corrected chi connectivity index (χ2v) is 11.3. The predicted molar refractivity (Wildman–Crippen MR) is 190 cm³/mol. The lowest BCUT2D eigenvalue weighted by molar-refractivity contribution is -0.139. The van der Waals surface area contributed by atoms with Crippen molar-refractivity contribution in [1.29, 1.82) is 0 Å². The van der Waals surface area contributed by atoms with Crippen LogP contribution in [0.25, 0.3) is 0 Å². The van der Waals surface area contributed by atoms with Gasteiger partial charge in [-0.2, -0.15) is 10.2 Å². The lowest BCUT2D eigenvalue weighted by Gasteiger charge is -2.07. The van der Waals surface area contributed by atoms with E-state index in [0.717, 1.165) is 59.7 Å². The first-order chi connectivity index (χ1) is 23.5. The van der Waals surface area contributed by atoms with Gasteiger partial charge in [-0.3, -0.25) is 0 Å². The number of nitrogens with zero attached hydrogens (tertiary/aromatic N) is 2. The van der Waals surface area contributed by atoms with E-state index in [-0.39, 0.29) is 5.97 Å². The monoisotopic (exact) mass is 654 g/mol. The number of hydrogen-bond donors (Lipinski definition) is 0. The van der Waals surface area contributed by atoms with Gasteiger partial charge in [0, 0.05) is 23.3 Å². The van der Waals surface area contributed by atoms with Gasteiger partial charge in [0.05, 0.1) is 44.4 Å². The molecule has 0 N–H and O–H groups in total. The number of azo groups is 1. The van der Waals surface area contributed by atoms with Crippen LogP contribution in [0.3, 0.4) is 0 Å². The molecule has 8 heteroatoms. The summed E-state index contributed by atoms with van der Waals surface area (Å²) in [6, 6.07) is 23.1. The average molecular weight is 655 g/mol. The summed E-state index contributed by atoms with van der Waals surface area (Å²) in [4.78, 5) is 11.3. The van der Waals surface area contributed by atoms with Gasteiger partial charge in [0.15, 0.2) is 0 Å². The predicted octanol–water partition coefficient (Wildman–Crippen LogP) is 9.55. The summed E-state index contributed by atoms with van der Waals surface area (Å²) < 4.78 is 27.5. The summed E-state index contributed by atoms with van der Waals surface area (Å²) in [5, 5.41) is 8.71. The third-order valence-electron chi connectivity index (χ3n) is 7.13. The Morgan fingerprint density at radius 3 is 1.85 bits per heavy atom.